The summed E-state index contributed by atoms with van der Waals surface area (Å²) in [5.41, 5.74) is 0. The summed E-state index contributed by atoms with van der Waals surface area (Å²) in [5, 5.41) is 3.15. The number of rotatable bonds is 3. The molecule has 2 aliphatic rings. The maximum Gasteiger partial charge on any atom is 0.220 e. The number of hydrogen-bond acceptors (Lipinski definition) is 2. The van der Waals surface area contributed by atoms with Crippen LogP contribution in [0.1, 0.15) is 51.4 Å². The average Bonchev–Trinajstić information content (AvgIpc) is 2.31. The lowest BCUT2D eigenvalue weighted by Crippen LogP contribution is -2.39. The topological polar surface area (TPSA) is 38.3 Å². The maximum absolute atomic E-state index is 11.8. The Bertz CT molecular complexity index is 196. The zero-order chi connectivity index (χ0) is 11.2. The van der Waals surface area contributed by atoms with E-state index in [0.717, 1.165) is 32.5 Å². The van der Waals surface area contributed by atoms with Crippen LogP contribution in [0, 0.1) is 5.92 Å². The van der Waals surface area contributed by atoms with Crippen LogP contribution >= 0.6 is 0 Å². The van der Waals surface area contributed by atoms with Gasteiger partial charge in [0.2, 0.25) is 5.91 Å². The van der Waals surface area contributed by atoms with E-state index in [1.165, 1.54) is 32.1 Å². The van der Waals surface area contributed by atoms with Crippen molar-refractivity contribution in [1.29, 1.82) is 0 Å². The Kier molecular flexibility index (Phi) is 4.64. The Morgan fingerprint density at radius 3 is 2.44 bits per heavy atom. The highest BCUT2D eigenvalue weighted by Crippen LogP contribution is 2.26. The summed E-state index contributed by atoms with van der Waals surface area (Å²) in [6.45, 7) is 1.60. The first-order chi connectivity index (χ1) is 7.84. The molecule has 1 saturated heterocycles. The molecule has 1 heterocycles. The predicted octanol–water partition coefficient (Wildman–Crippen LogP) is 2.25. The second kappa shape index (κ2) is 6.24. The molecule has 1 N–H and O–H groups in total. The van der Waals surface area contributed by atoms with Gasteiger partial charge in [-0.05, 0) is 31.6 Å². The van der Waals surface area contributed by atoms with Crippen molar-refractivity contribution in [2.24, 2.45) is 5.92 Å². The van der Waals surface area contributed by atoms with Gasteiger partial charge in [0, 0.05) is 25.7 Å². The highest BCUT2D eigenvalue weighted by Gasteiger charge is 2.20. The molecule has 3 heteroatoms. The van der Waals surface area contributed by atoms with E-state index in [1.807, 2.05) is 0 Å². The molecule has 1 amide bonds. The van der Waals surface area contributed by atoms with Crippen molar-refractivity contribution in [2.75, 3.05) is 13.2 Å². The molecule has 0 bridgehead atoms. The number of hydrogen-bond donors (Lipinski definition) is 1. The zero-order valence-corrected chi connectivity index (χ0v) is 10.0. The van der Waals surface area contributed by atoms with Crippen LogP contribution in [0.25, 0.3) is 0 Å². The van der Waals surface area contributed by atoms with Gasteiger partial charge < -0.3 is 10.1 Å². The summed E-state index contributed by atoms with van der Waals surface area (Å²) in [6.07, 6.45) is 9.20. The third kappa shape index (κ3) is 3.78. The Hall–Kier alpha value is -0.570. The van der Waals surface area contributed by atoms with Crippen molar-refractivity contribution in [2.45, 2.75) is 57.4 Å². The molecule has 0 spiro atoms. The Labute approximate surface area is 97.9 Å². The van der Waals surface area contributed by atoms with Crippen LogP contribution in [0.2, 0.25) is 0 Å². The van der Waals surface area contributed by atoms with Crippen LogP contribution < -0.4 is 5.32 Å². The molecule has 0 aromatic carbocycles. The minimum absolute atomic E-state index is 0.263. The third-order valence-electron chi connectivity index (χ3n) is 3.79. The normalized spacial score (nSPS) is 24.2. The zero-order valence-electron chi connectivity index (χ0n) is 10.0. The van der Waals surface area contributed by atoms with E-state index in [-0.39, 0.29) is 5.91 Å². The lowest BCUT2D eigenvalue weighted by molar-refractivity contribution is -0.123. The van der Waals surface area contributed by atoms with Crippen molar-refractivity contribution in [3.8, 4) is 0 Å². The highest BCUT2D eigenvalue weighted by atomic mass is 16.5. The second-order valence-electron chi connectivity index (χ2n) is 5.16. The Balaban J connectivity index is 1.66. The monoisotopic (exact) mass is 225 g/mol. The van der Waals surface area contributed by atoms with Crippen LogP contribution in [0.5, 0.6) is 0 Å². The van der Waals surface area contributed by atoms with Gasteiger partial charge in [0.05, 0.1) is 0 Å². The summed E-state index contributed by atoms with van der Waals surface area (Å²) in [7, 11) is 0. The van der Waals surface area contributed by atoms with Crippen molar-refractivity contribution >= 4 is 5.91 Å². The minimum atomic E-state index is 0.263. The van der Waals surface area contributed by atoms with Crippen molar-refractivity contribution in [3.63, 3.8) is 0 Å². The molecule has 1 saturated carbocycles. The van der Waals surface area contributed by atoms with Crippen LogP contribution in [0.4, 0.5) is 0 Å². The van der Waals surface area contributed by atoms with Gasteiger partial charge in [-0.25, -0.2) is 0 Å². The van der Waals surface area contributed by atoms with Gasteiger partial charge in [-0.2, -0.15) is 0 Å². The molecule has 0 aromatic heterocycles. The molecule has 1 aliphatic heterocycles. The van der Waals surface area contributed by atoms with E-state index in [1.54, 1.807) is 0 Å². The Morgan fingerprint density at radius 2 is 1.75 bits per heavy atom. The van der Waals surface area contributed by atoms with Gasteiger partial charge in [-0.1, -0.05) is 19.3 Å². The molecule has 16 heavy (non-hydrogen) atoms. The average molecular weight is 225 g/mol. The molecule has 0 atom stereocenters. The minimum Gasteiger partial charge on any atom is -0.381 e. The third-order valence-corrected chi connectivity index (χ3v) is 3.79. The number of ether oxygens (including phenoxy) is 1. The lowest BCUT2D eigenvalue weighted by Gasteiger charge is -2.25. The predicted molar refractivity (Wildman–Crippen MR) is 63.2 cm³/mol. The molecule has 2 rings (SSSR count). The van der Waals surface area contributed by atoms with Gasteiger partial charge in [0.1, 0.15) is 0 Å². The van der Waals surface area contributed by atoms with E-state index < -0.39 is 0 Å². The van der Waals surface area contributed by atoms with E-state index in [0.29, 0.717) is 12.0 Å². The quantitative estimate of drug-likeness (QED) is 0.800. The standard InChI is InChI=1S/C13H23NO2/c15-13(10-11-4-2-1-3-5-11)14-12-6-8-16-9-7-12/h11-12H,1-10H2,(H,14,15). The fraction of sp³-hybridized carbons (Fsp3) is 0.923. The van der Waals surface area contributed by atoms with Crippen molar-refractivity contribution in [3.05, 3.63) is 0 Å². The fourth-order valence-electron chi connectivity index (χ4n) is 2.78. The van der Waals surface area contributed by atoms with Crippen LogP contribution in [-0.2, 0) is 9.53 Å². The number of carbonyl (C=O) groups excluding carboxylic acids is 1. The van der Waals surface area contributed by atoms with E-state index in [4.69, 9.17) is 4.74 Å². The first-order valence-corrected chi connectivity index (χ1v) is 6.71. The molecular formula is C13H23NO2. The van der Waals surface area contributed by atoms with E-state index >= 15 is 0 Å². The van der Waals surface area contributed by atoms with Gasteiger partial charge in [-0.15, -0.1) is 0 Å². The molecule has 1 aliphatic carbocycles. The molecule has 0 aromatic rings. The summed E-state index contributed by atoms with van der Waals surface area (Å²) in [6, 6.07) is 0.366. The van der Waals surface area contributed by atoms with Gasteiger partial charge in [0.15, 0.2) is 0 Å². The van der Waals surface area contributed by atoms with Gasteiger partial charge in [0.25, 0.3) is 0 Å². The first-order valence-electron chi connectivity index (χ1n) is 6.71. The first kappa shape index (κ1) is 11.9. The number of amides is 1. The fourth-order valence-corrected chi connectivity index (χ4v) is 2.78. The molecule has 2 fully saturated rings. The van der Waals surface area contributed by atoms with Crippen LogP contribution in [0.15, 0.2) is 0 Å². The summed E-state index contributed by atoms with van der Waals surface area (Å²) >= 11 is 0. The highest BCUT2D eigenvalue weighted by molar-refractivity contribution is 5.76. The maximum atomic E-state index is 11.8. The SMILES string of the molecule is O=C(CC1CCCCC1)NC1CCOCC1. The molecule has 0 radical (unpaired) electrons. The van der Waals surface area contributed by atoms with Crippen LogP contribution in [0.3, 0.4) is 0 Å². The summed E-state index contributed by atoms with van der Waals surface area (Å²) < 4.78 is 5.28. The van der Waals surface area contributed by atoms with Crippen molar-refractivity contribution in [1.82, 2.24) is 5.32 Å². The molecular weight excluding hydrogens is 202 g/mol. The molecule has 0 unspecified atom stereocenters. The molecule has 3 nitrogen and oxygen atoms in total. The second-order valence-corrected chi connectivity index (χ2v) is 5.16. The number of nitrogens with one attached hydrogen (secondary N) is 1. The van der Waals surface area contributed by atoms with E-state index in [2.05, 4.69) is 5.32 Å². The van der Waals surface area contributed by atoms with Gasteiger partial charge >= 0.3 is 0 Å². The van der Waals surface area contributed by atoms with Crippen LogP contribution in [-0.4, -0.2) is 25.2 Å². The summed E-state index contributed by atoms with van der Waals surface area (Å²) in [4.78, 5) is 11.8. The van der Waals surface area contributed by atoms with Gasteiger partial charge in [-0.3, -0.25) is 4.79 Å². The largest absolute Gasteiger partial charge is 0.381 e. The summed E-state index contributed by atoms with van der Waals surface area (Å²) in [5.74, 6) is 0.910. The molecule has 92 valence electrons. The smallest absolute Gasteiger partial charge is 0.220 e. The van der Waals surface area contributed by atoms with E-state index in [9.17, 15) is 4.79 Å². The lowest BCUT2D eigenvalue weighted by atomic mass is 9.87. The Morgan fingerprint density at radius 1 is 1.06 bits per heavy atom. The van der Waals surface area contributed by atoms with Crippen molar-refractivity contribution < 1.29 is 9.53 Å². The number of carbonyl (C=O) groups is 1.